The Hall–Kier alpha value is -1.52. The summed E-state index contributed by atoms with van der Waals surface area (Å²) in [5, 5.41) is 0. The number of hydrogen-bond donors (Lipinski definition) is 0. The molecule has 0 N–H and O–H groups in total. The van der Waals surface area contributed by atoms with Crippen molar-refractivity contribution in [1.82, 2.24) is 0 Å². The zero-order valence-electron chi connectivity index (χ0n) is 11.2. The van der Waals surface area contributed by atoms with Gasteiger partial charge in [0.1, 0.15) is 0 Å². The summed E-state index contributed by atoms with van der Waals surface area (Å²) in [6, 6.07) is 3.43. The van der Waals surface area contributed by atoms with Crippen LogP contribution in [0.2, 0.25) is 0 Å². The maximum Gasteiger partial charge on any atom is 0.416 e. The highest BCUT2D eigenvalue weighted by molar-refractivity contribution is 5.89. The second kappa shape index (κ2) is 6.08. The molecule has 0 heterocycles. The number of alkyl halides is 3. The number of ether oxygens (including phenoxy) is 1. The molecule has 5 heteroatoms. The van der Waals surface area contributed by atoms with Gasteiger partial charge in [0.25, 0.3) is 0 Å². The highest BCUT2D eigenvalue weighted by atomic mass is 19.4. The molecular weight excluding hydrogens is 257 g/mol. The highest BCUT2D eigenvalue weighted by Gasteiger charge is 2.34. The van der Waals surface area contributed by atoms with E-state index in [9.17, 15) is 18.0 Å². The monoisotopic (exact) mass is 274 g/mol. The lowest BCUT2D eigenvalue weighted by Crippen LogP contribution is -2.09. The van der Waals surface area contributed by atoms with Crippen molar-refractivity contribution in [1.29, 1.82) is 0 Å². The molecule has 1 aliphatic carbocycles. The summed E-state index contributed by atoms with van der Waals surface area (Å²) in [4.78, 5) is 11.3. The van der Waals surface area contributed by atoms with Crippen LogP contribution >= 0.6 is 0 Å². The predicted octanol–water partition coefficient (Wildman–Crippen LogP) is 4.40. The number of hydrogen-bond acceptors (Lipinski definition) is 2. The lowest BCUT2D eigenvalue weighted by molar-refractivity contribution is -0.137. The zero-order chi connectivity index (χ0) is 14.6. The molecule has 0 atom stereocenters. The Morgan fingerprint density at radius 2 is 1.79 bits per heavy atom. The molecule has 1 aromatic carbocycles. The highest BCUT2D eigenvalue weighted by Crippen LogP contribution is 2.42. The molecule has 1 aromatic rings. The fourth-order valence-corrected chi connectivity index (χ4v) is 1.70. The number of halogens is 3. The molecule has 0 spiro atoms. The molecule has 1 aliphatic rings. The molecule has 2 nitrogen and oxygen atoms in total. The summed E-state index contributed by atoms with van der Waals surface area (Å²) >= 11 is 0. The van der Waals surface area contributed by atoms with Crippen LogP contribution in [-0.4, -0.2) is 13.1 Å². The van der Waals surface area contributed by atoms with Crippen molar-refractivity contribution >= 4 is 5.97 Å². The van der Waals surface area contributed by atoms with E-state index < -0.39 is 17.7 Å². The van der Waals surface area contributed by atoms with Crippen molar-refractivity contribution in [3.05, 3.63) is 34.9 Å². The molecule has 19 heavy (non-hydrogen) atoms. The van der Waals surface area contributed by atoms with E-state index in [0.717, 1.165) is 32.1 Å². The van der Waals surface area contributed by atoms with Crippen molar-refractivity contribution in [3.8, 4) is 0 Å². The molecule has 106 valence electrons. The van der Waals surface area contributed by atoms with Crippen molar-refractivity contribution in [2.24, 2.45) is 0 Å². The average molecular weight is 274 g/mol. The van der Waals surface area contributed by atoms with Gasteiger partial charge < -0.3 is 4.74 Å². The summed E-state index contributed by atoms with van der Waals surface area (Å²) in [7, 11) is 1.15. The van der Waals surface area contributed by atoms with Gasteiger partial charge in [0, 0.05) is 0 Å². The number of carbonyl (C=O) groups excluding carboxylic acids is 1. The third-order valence-corrected chi connectivity index (χ3v) is 2.75. The summed E-state index contributed by atoms with van der Waals surface area (Å²) in [6.45, 7) is 4.00. The van der Waals surface area contributed by atoms with E-state index >= 15 is 0 Å². The van der Waals surface area contributed by atoms with Crippen LogP contribution in [0.5, 0.6) is 0 Å². The Kier molecular flexibility index (Phi) is 4.97. The molecule has 0 saturated heterocycles. The first-order valence-electron chi connectivity index (χ1n) is 6.22. The van der Waals surface area contributed by atoms with Gasteiger partial charge in [-0.3, -0.25) is 0 Å². The third kappa shape index (κ3) is 3.98. The fourth-order valence-electron chi connectivity index (χ4n) is 1.70. The molecular formula is C14H17F3O2. The second-order valence-corrected chi connectivity index (χ2v) is 4.11. The Morgan fingerprint density at radius 1 is 1.21 bits per heavy atom. The lowest BCUT2D eigenvalue weighted by atomic mass is 10.0. The van der Waals surface area contributed by atoms with E-state index in [0.29, 0.717) is 5.56 Å². The molecule has 0 amide bonds. The van der Waals surface area contributed by atoms with Gasteiger partial charge in [-0.05, 0) is 42.5 Å². The molecule has 0 bridgehead atoms. The van der Waals surface area contributed by atoms with E-state index in [4.69, 9.17) is 0 Å². The van der Waals surface area contributed by atoms with E-state index in [1.165, 1.54) is 6.07 Å². The first-order chi connectivity index (χ1) is 8.91. The van der Waals surface area contributed by atoms with Crippen molar-refractivity contribution in [3.63, 3.8) is 0 Å². The number of esters is 1. The van der Waals surface area contributed by atoms with Crippen molar-refractivity contribution in [2.45, 2.75) is 38.8 Å². The minimum atomic E-state index is -4.44. The van der Waals surface area contributed by atoms with E-state index in [-0.39, 0.29) is 11.5 Å². The van der Waals surface area contributed by atoms with Crippen LogP contribution in [0.15, 0.2) is 18.2 Å². The minimum Gasteiger partial charge on any atom is -0.465 e. The third-order valence-electron chi connectivity index (χ3n) is 2.75. The Morgan fingerprint density at radius 3 is 2.21 bits per heavy atom. The summed E-state index contributed by atoms with van der Waals surface area (Å²) in [5.41, 5.74) is -0.258. The Bertz CT molecular complexity index is 448. The van der Waals surface area contributed by atoms with Crippen LogP contribution < -0.4 is 0 Å². The van der Waals surface area contributed by atoms with Gasteiger partial charge in [0.05, 0.1) is 18.2 Å². The van der Waals surface area contributed by atoms with Crippen LogP contribution in [0.25, 0.3) is 0 Å². The van der Waals surface area contributed by atoms with Gasteiger partial charge in [-0.2, -0.15) is 13.2 Å². The molecule has 0 aliphatic heterocycles. The summed E-state index contributed by atoms with van der Waals surface area (Å²) in [5.74, 6) is -0.585. The van der Waals surface area contributed by atoms with Crippen LogP contribution in [-0.2, 0) is 10.9 Å². The van der Waals surface area contributed by atoms with E-state index in [1.54, 1.807) is 0 Å². The standard InChI is InChI=1S/C12H11F3O2.C2H6/c1-17-11(16)9-4-8(7-2-3-7)5-10(6-9)12(13,14)15;1-2/h4-7H,2-3H2,1H3;1-2H3. The van der Waals surface area contributed by atoms with Gasteiger partial charge in [-0.1, -0.05) is 13.8 Å². The summed E-state index contributed by atoms with van der Waals surface area (Å²) in [6.07, 6.45) is -2.68. The Labute approximate surface area is 110 Å². The van der Waals surface area contributed by atoms with Crippen molar-refractivity contribution in [2.75, 3.05) is 7.11 Å². The van der Waals surface area contributed by atoms with Crippen LogP contribution in [0.3, 0.4) is 0 Å². The maximum absolute atomic E-state index is 12.6. The van der Waals surface area contributed by atoms with Crippen LogP contribution in [0.1, 0.15) is 54.1 Å². The summed E-state index contributed by atoms with van der Waals surface area (Å²) < 4.78 is 42.4. The van der Waals surface area contributed by atoms with Gasteiger partial charge in [-0.25, -0.2) is 4.79 Å². The molecule has 0 radical (unpaired) electrons. The molecule has 1 fully saturated rings. The molecule has 0 unspecified atom stereocenters. The first kappa shape index (κ1) is 15.5. The number of benzene rings is 1. The maximum atomic E-state index is 12.6. The second-order valence-electron chi connectivity index (χ2n) is 4.11. The van der Waals surface area contributed by atoms with E-state index in [1.807, 2.05) is 13.8 Å². The average Bonchev–Trinajstić information content (AvgIpc) is 3.23. The molecule has 2 rings (SSSR count). The number of carbonyl (C=O) groups is 1. The quantitative estimate of drug-likeness (QED) is 0.747. The largest absolute Gasteiger partial charge is 0.465 e. The van der Waals surface area contributed by atoms with E-state index in [2.05, 4.69) is 4.74 Å². The normalized spacial score (nSPS) is 14.4. The molecule has 1 saturated carbocycles. The zero-order valence-corrected chi connectivity index (χ0v) is 11.2. The number of rotatable bonds is 2. The van der Waals surface area contributed by atoms with Crippen LogP contribution in [0, 0.1) is 0 Å². The van der Waals surface area contributed by atoms with Crippen LogP contribution in [0.4, 0.5) is 13.2 Å². The van der Waals surface area contributed by atoms with Gasteiger partial charge >= 0.3 is 12.1 Å². The first-order valence-corrected chi connectivity index (χ1v) is 6.22. The van der Waals surface area contributed by atoms with Crippen molar-refractivity contribution < 1.29 is 22.7 Å². The topological polar surface area (TPSA) is 26.3 Å². The van der Waals surface area contributed by atoms with Gasteiger partial charge in [0.2, 0.25) is 0 Å². The fraction of sp³-hybridized carbons (Fsp3) is 0.500. The van der Waals surface area contributed by atoms with Gasteiger partial charge in [0.15, 0.2) is 0 Å². The molecule has 0 aromatic heterocycles. The Balaban J connectivity index is 0.000000861. The predicted molar refractivity (Wildman–Crippen MR) is 66.1 cm³/mol. The SMILES string of the molecule is CC.COC(=O)c1cc(C2CC2)cc(C(F)(F)F)c1. The lowest BCUT2D eigenvalue weighted by Gasteiger charge is -2.11. The minimum absolute atomic E-state index is 0.0378. The smallest absolute Gasteiger partial charge is 0.416 e. The van der Waals surface area contributed by atoms with Gasteiger partial charge in [-0.15, -0.1) is 0 Å². The number of methoxy groups -OCH3 is 1.